The third-order valence-electron chi connectivity index (χ3n) is 6.70. The largest absolute Gasteiger partial charge is 0.489 e. The summed E-state index contributed by atoms with van der Waals surface area (Å²) in [6, 6.07) is 32.7. The molecule has 0 aromatic heterocycles. The second kappa shape index (κ2) is 13.7. The molecule has 4 aromatic rings. The number of anilines is 1. The molecule has 0 aliphatic carbocycles. The third-order valence-corrected chi connectivity index (χ3v) is 7.90. The van der Waals surface area contributed by atoms with Crippen LogP contribution < -0.4 is 15.4 Å². The monoisotopic (exact) mass is 591 g/mol. The Bertz CT molecular complexity index is 1640. The summed E-state index contributed by atoms with van der Waals surface area (Å²) in [5, 5.41) is 5.10. The second-order valence-electron chi connectivity index (χ2n) is 9.80. The van der Waals surface area contributed by atoms with Crippen LogP contribution in [0.1, 0.15) is 27.9 Å². The first-order valence-corrected chi connectivity index (χ1v) is 14.5. The third kappa shape index (κ3) is 7.78. The Hall–Kier alpha value is -5.15. The van der Waals surface area contributed by atoms with Crippen molar-refractivity contribution in [1.82, 2.24) is 10.2 Å². The van der Waals surface area contributed by atoms with E-state index in [1.54, 1.807) is 78.9 Å². The van der Waals surface area contributed by atoms with Crippen molar-refractivity contribution in [3.05, 3.63) is 132 Å². The molecule has 2 N–H and O–H groups in total. The second-order valence-corrected chi connectivity index (χ2v) is 11.1. The summed E-state index contributed by atoms with van der Waals surface area (Å²) in [5.41, 5.74) is 2.72. The number of hydrogen-bond donors (Lipinski definition) is 2. The Kier molecular flexibility index (Phi) is 9.33. The number of nitrogens with one attached hydrogen (secondary N) is 2. The maximum absolute atomic E-state index is 13.4. The molecule has 0 saturated carbocycles. The highest BCUT2D eigenvalue weighted by atomic mass is 32.2. The van der Waals surface area contributed by atoms with Gasteiger partial charge in [-0.25, -0.2) is 0 Å². The molecule has 9 heteroatoms. The Morgan fingerprint density at radius 1 is 0.884 bits per heavy atom. The fourth-order valence-corrected chi connectivity index (χ4v) is 5.41. The number of rotatable bonds is 10. The number of carbonyl (C=O) groups excluding carboxylic acids is 4. The van der Waals surface area contributed by atoms with Gasteiger partial charge in [-0.3, -0.25) is 24.1 Å². The molecule has 1 aliphatic heterocycles. The van der Waals surface area contributed by atoms with Gasteiger partial charge in [0.25, 0.3) is 11.8 Å². The number of nitrogens with zero attached hydrogens (tertiary/aromatic N) is 1. The highest BCUT2D eigenvalue weighted by Crippen LogP contribution is 2.31. The van der Waals surface area contributed by atoms with Gasteiger partial charge in [-0.1, -0.05) is 60.7 Å². The van der Waals surface area contributed by atoms with Crippen LogP contribution in [0.4, 0.5) is 5.69 Å². The number of hydrogen-bond acceptors (Lipinski definition) is 6. The van der Waals surface area contributed by atoms with Crippen LogP contribution in [0.3, 0.4) is 0 Å². The molecule has 43 heavy (non-hydrogen) atoms. The summed E-state index contributed by atoms with van der Waals surface area (Å²) in [5.74, 6) is -0.664. The maximum Gasteiger partial charge on any atom is 0.272 e. The van der Waals surface area contributed by atoms with E-state index in [2.05, 4.69) is 10.6 Å². The van der Waals surface area contributed by atoms with Gasteiger partial charge in [0.15, 0.2) is 0 Å². The lowest BCUT2D eigenvalue weighted by molar-refractivity contribution is -0.136. The van der Waals surface area contributed by atoms with Gasteiger partial charge in [-0.05, 0) is 65.7 Å². The molecule has 1 atom stereocenters. The average molecular weight is 592 g/mol. The predicted molar refractivity (Wildman–Crippen MR) is 166 cm³/mol. The Balaban J connectivity index is 1.29. The zero-order valence-electron chi connectivity index (χ0n) is 23.4. The molecule has 0 bridgehead atoms. The van der Waals surface area contributed by atoms with Crippen LogP contribution in [0.25, 0.3) is 6.08 Å². The Morgan fingerprint density at radius 2 is 1.53 bits per heavy atom. The highest BCUT2D eigenvalue weighted by molar-refractivity contribution is 8.00. The Labute approximate surface area is 253 Å². The van der Waals surface area contributed by atoms with Crippen LogP contribution in [0.15, 0.2) is 120 Å². The summed E-state index contributed by atoms with van der Waals surface area (Å²) in [6.07, 6.45) is 1.76. The van der Waals surface area contributed by atoms with Gasteiger partial charge in [-0.2, -0.15) is 0 Å². The van der Waals surface area contributed by atoms with Crippen molar-refractivity contribution < 1.29 is 23.9 Å². The number of likely N-dealkylation sites (tertiary alicyclic amines) is 1. The van der Waals surface area contributed by atoms with Crippen molar-refractivity contribution in [2.45, 2.75) is 23.2 Å². The van der Waals surface area contributed by atoms with Crippen molar-refractivity contribution in [2.75, 3.05) is 12.4 Å². The van der Waals surface area contributed by atoms with Crippen LogP contribution in [-0.2, 0) is 21.0 Å². The normalized spacial score (nSPS) is 14.9. The summed E-state index contributed by atoms with van der Waals surface area (Å²) in [6.45, 7) is 0.431. The molecule has 1 heterocycles. The SMILES string of the molecule is CN1C(=O)CC(Sc2ccc(NC(=O)/C(=C/c3ccc(OCc4ccccc4)cc3)NC(=O)c3ccccc3)cc2)C1=O. The van der Waals surface area contributed by atoms with Crippen molar-refractivity contribution in [2.24, 2.45) is 0 Å². The van der Waals surface area contributed by atoms with E-state index in [0.29, 0.717) is 29.2 Å². The van der Waals surface area contributed by atoms with Gasteiger partial charge >= 0.3 is 0 Å². The van der Waals surface area contributed by atoms with E-state index in [0.717, 1.165) is 15.4 Å². The molecular weight excluding hydrogens is 562 g/mol. The summed E-state index contributed by atoms with van der Waals surface area (Å²) >= 11 is 1.31. The van der Waals surface area contributed by atoms with Gasteiger partial charge in [0.1, 0.15) is 18.1 Å². The van der Waals surface area contributed by atoms with E-state index in [1.807, 2.05) is 36.4 Å². The number of thioether (sulfide) groups is 1. The zero-order valence-corrected chi connectivity index (χ0v) is 24.2. The predicted octanol–water partition coefficient (Wildman–Crippen LogP) is 5.52. The molecule has 1 aliphatic rings. The molecule has 216 valence electrons. The lowest BCUT2D eigenvalue weighted by Crippen LogP contribution is -2.30. The number of benzene rings is 4. The molecule has 1 unspecified atom stereocenters. The van der Waals surface area contributed by atoms with Gasteiger partial charge in [0.05, 0.1) is 5.25 Å². The molecule has 1 fully saturated rings. The van der Waals surface area contributed by atoms with Gasteiger partial charge in [0, 0.05) is 29.6 Å². The molecule has 5 rings (SSSR count). The van der Waals surface area contributed by atoms with Crippen molar-refractivity contribution in [3.8, 4) is 5.75 Å². The fraction of sp³-hybridized carbons (Fsp3) is 0.118. The lowest BCUT2D eigenvalue weighted by Gasteiger charge is -2.13. The number of amides is 4. The standard InChI is InChI=1S/C34H29N3O5S/c1-37-31(38)21-30(34(37)41)43-28-18-14-26(15-19-28)35-33(40)29(36-32(39)25-10-6-3-7-11-25)20-23-12-16-27(17-13-23)42-22-24-8-4-2-5-9-24/h2-20,30H,21-22H2,1H3,(H,35,40)(H,36,39)/b29-20-. The van der Waals surface area contributed by atoms with Gasteiger partial charge in [0.2, 0.25) is 11.8 Å². The molecule has 0 spiro atoms. The average Bonchev–Trinajstić information content (AvgIpc) is 3.28. The summed E-state index contributed by atoms with van der Waals surface area (Å²) in [7, 11) is 1.49. The van der Waals surface area contributed by atoms with E-state index in [4.69, 9.17) is 4.74 Å². The highest BCUT2D eigenvalue weighted by Gasteiger charge is 2.36. The minimum Gasteiger partial charge on any atom is -0.489 e. The van der Waals surface area contributed by atoms with Crippen molar-refractivity contribution in [1.29, 1.82) is 0 Å². The quantitative estimate of drug-likeness (QED) is 0.186. The first kappa shape index (κ1) is 29.3. The van der Waals surface area contributed by atoms with E-state index in [-0.39, 0.29) is 23.9 Å². The first-order chi connectivity index (χ1) is 20.9. The van der Waals surface area contributed by atoms with Crippen molar-refractivity contribution in [3.63, 3.8) is 0 Å². The van der Waals surface area contributed by atoms with E-state index < -0.39 is 17.1 Å². The van der Waals surface area contributed by atoms with Crippen LogP contribution in [-0.4, -0.2) is 40.8 Å². The molecule has 0 radical (unpaired) electrons. The van der Waals surface area contributed by atoms with Crippen LogP contribution >= 0.6 is 11.8 Å². The minimum atomic E-state index is -0.507. The van der Waals surface area contributed by atoms with E-state index in [1.165, 1.54) is 18.8 Å². The Morgan fingerprint density at radius 3 is 2.16 bits per heavy atom. The minimum absolute atomic E-state index is 0.0587. The number of ether oxygens (including phenoxy) is 1. The first-order valence-electron chi connectivity index (χ1n) is 13.6. The number of carbonyl (C=O) groups is 4. The van der Waals surface area contributed by atoms with Crippen LogP contribution in [0.5, 0.6) is 5.75 Å². The maximum atomic E-state index is 13.4. The summed E-state index contributed by atoms with van der Waals surface area (Å²) < 4.78 is 5.86. The lowest BCUT2D eigenvalue weighted by atomic mass is 10.1. The van der Waals surface area contributed by atoms with Gasteiger partial charge < -0.3 is 15.4 Å². The molecule has 4 aromatic carbocycles. The fourth-order valence-electron chi connectivity index (χ4n) is 4.30. The van der Waals surface area contributed by atoms with Crippen molar-refractivity contribution >= 4 is 47.2 Å². The molecular formula is C34H29N3O5S. The topological polar surface area (TPSA) is 105 Å². The van der Waals surface area contributed by atoms with E-state index >= 15 is 0 Å². The number of imide groups is 1. The summed E-state index contributed by atoms with van der Waals surface area (Å²) in [4.78, 5) is 52.3. The van der Waals surface area contributed by atoms with Gasteiger partial charge in [-0.15, -0.1) is 11.8 Å². The van der Waals surface area contributed by atoms with Crippen LogP contribution in [0, 0.1) is 0 Å². The smallest absolute Gasteiger partial charge is 0.272 e. The van der Waals surface area contributed by atoms with E-state index in [9.17, 15) is 19.2 Å². The molecule has 1 saturated heterocycles. The van der Waals surface area contributed by atoms with Crippen LogP contribution in [0.2, 0.25) is 0 Å². The molecule has 8 nitrogen and oxygen atoms in total. The zero-order chi connectivity index (χ0) is 30.2. The molecule has 4 amide bonds.